The van der Waals surface area contributed by atoms with Crippen LogP contribution in [0.25, 0.3) is 10.9 Å². The maximum absolute atomic E-state index is 12.0. The molecule has 0 radical (unpaired) electrons. The number of methoxy groups -OCH3 is 1. The molecule has 0 amide bonds. The first-order chi connectivity index (χ1) is 16.1. The number of rotatable bonds is 9. The Hall–Kier alpha value is -2.23. The van der Waals surface area contributed by atoms with Crippen LogP contribution in [-0.4, -0.2) is 79.2 Å². The van der Waals surface area contributed by atoms with E-state index in [1.807, 2.05) is 24.3 Å². The molecular formula is C27H34LiN3O3. The van der Waals surface area contributed by atoms with Crippen molar-refractivity contribution in [3.05, 3.63) is 65.4 Å². The van der Waals surface area contributed by atoms with Gasteiger partial charge in [0.1, 0.15) is 5.75 Å². The van der Waals surface area contributed by atoms with Gasteiger partial charge in [-0.05, 0) is 92.7 Å². The van der Waals surface area contributed by atoms with E-state index in [0.717, 1.165) is 47.3 Å². The van der Waals surface area contributed by atoms with E-state index >= 15 is 0 Å². The number of benzene rings is 2. The molecule has 6 nitrogen and oxygen atoms in total. The number of carboxylic acid groups (broad SMARTS) is 1. The average molecular weight is 456 g/mol. The van der Waals surface area contributed by atoms with Gasteiger partial charge < -0.3 is 24.6 Å². The normalized spacial score (nSPS) is 21.4. The fraction of sp³-hybridized carbons (Fsp3) is 0.444. The van der Waals surface area contributed by atoms with Crippen LogP contribution in [0.3, 0.4) is 0 Å². The van der Waals surface area contributed by atoms with Gasteiger partial charge in [0.15, 0.2) is 0 Å². The van der Waals surface area contributed by atoms with Gasteiger partial charge in [0.25, 0.3) is 0 Å². The Morgan fingerprint density at radius 2 is 1.79 bits per heavy atom. The van der Waals surface area contributed by atoms with Crippen molar-refractivity contribution in [3.8, 4) is 5.75 Å². The molecule has 176 valence electrons. The van der Waals surface area contributed by atoms with E-state index in [2.05, 4.69) is 33.1 Å². The van der Waals surface area contributed by atoms with E-state index in [9.17, 15) is 9.90 Å². The number of carbonyl (C=O) groups is 1. The minimum atomic E-state index is -0.870. The van der Waals surface area contributed by atoms with Crippen molar-refractivity contribution >= 4 is 35.7 Å². The molecule has 0 saturated carbocycles. The van der Waals surface area contributed by atoms with Gasteiger partial charge in [0, 0.05) is 30.2 Å². The second kappa shape index (κ2) is 10.6. The number of aromatic nitrogens is 1. The summed E-state index contributed by atoms with van der Waals surface area (Å²) < 4.78 is 7.45. The molecule has 0 unspecified atom stereocenters. The molecule has 34 heavy (non-hydrogen) atoms. The quantitative estimate of drug-likeness (QED) is 0.383. The summed E-state index contributed by atoms with van der Waals surface area (Å²) in [4.78, 5) is 14.6. The maximum atomic E-state index is 12.0. The molecule has 3 aliphatic heterocycles. The van der Waals surface area contributed by atoms with Gasteiger partial charge in [0.05, 0.1) is 12.7 Å². The van der Waals surface area contributed by atoms with Crippen LogP contribution < -0.4 is 10.1 Å². The van der Waals surface area contributed by atoms with E-state index in [1.54, 1.807) is 13.2 Å². The fourth-order valence-electron chi connectivity index (χ4n) is 5.60. The van der Waals surface area contributed by atoms with Crippen LogP contribution in [0.5, 0.6) is 5.75 Å². The van der Waals surface area contributed by atoms with Gasteiger partial charge in [0.2, 0.25) is 0 Å². The number of ether oxygens (including phenoxy) is 1. The zero-order chi connectivity index (χ0) is 22.8. The van der Waals surface area contributed by atoms with Crippen molar-refractivity contribution in [1.82, 2.24) is 14.8 Å². The minimum absolute atomic E-state index is 0. The standard InChI is InChI=1S/C27H33N3O3.Li.H/c1-33-22-7-5-20(6-8-22)17-30-18-21(25-23(26(31)32)3-2-4-24(25)30)9-13-28-19-27-10-14-29(15-11-27)16-12-27;;/h2-8,18,28H,9-17,19H2,1H3,(H,31,32);;. The number of piperidine rings is 3. The third-order valence-corrected chi connectivity index (χ3v) is 7.67. The molecule has 0 atom stereocenters. The molecule has 2 N–H and O–H groups in total. The Morgan fingerprint density at radius 3 is 2.44 bits per heavy atom. The number of hydrogen-bond acceptors (Lipinski definition) is 4. The van der Waals surface area contributed by atoms with Crippen LogP contribution in [0, 0.1) is 5.41 Å². The van der Waals surface area contributed by atoms with Gasteiger partial charge in [-0.3, -0.25) is 0 Å². The molecule has 4 heterocycles. The number of nitrogens with one attached hydrogen (secondary N) is 1. The molecule has 7 heteroatoms. The number of carboxylic acids is 1. The first-order valence-electron chi connectivity index (χ1n) is 12.0. The van der Waals surface area contributed by atoms with E-state index in [1.165, 1.54) is 38.9 Å². The molecule has 3 aliphatic rings. The number of fused-ring (bicyclic) bond motifs is 4. The number of nitrogens with zero attached hydrogens (tertiary/aromatic N) is 2. The molecule has 6 rings (SSSR count). The topological polar surface area (TPSA) is 66.7 Å². The van der Waals surface area contributed by atoms with E-state index in [4.69, 9.17) is 4.74 Å². The predicted octanol–water partition coefficient (Wildman–Crippen LogP) is 3.37. The summed E-state index contributed by atoms with van der Waals surface area (Å²) in [7, 11) is 1.67. The fourth-order valence-corrected chi connectivity index (χ4v) is 5.60. The van der Waals surface area contributed by atoms with Crippen LogP contribution in [0.15, 0.2) is 48.7 Å². The first-order valence-corrected chi connectivity index (χ1v) is 12.0. The summed E-state index contributed by atoms with van der Waals surface area (Å²) in [5.74, 6) is -0.0380. The molecule has 0 aliphatic carbocycles. The summed E-state index contributed by atoms with van der Waals surface area (Å²) in [6.45, 7) is 6.34. The summed E-state index contributed by atoms with van der Waals surface area (Å²) in [5.41, 5.74) is 4.07. The third kappa shape index (κ3) is 5.06. The van der Waals surface area contributed by atoms with Crippen molar-refractivity contribution in [3.63, 3.8) is 0 Å². The number of aromatic carboxylic acids is 1. The van der Waals surface area contributed by atoms with Crippen LogP contribution >= 0.6 is 0 Å². The molecule has 1 aromatic heterocycles. The second-order valence-corrected chi connectivity index (χ2v) is 9.65. The van der Waals surface area contributed by atoms with Crippen LogP contribution in [0.2, 0.25) is 0 Å². The summed E-state index contributed by atoms with van der Waals surface area (Å²) >= 11 is 0. The molecule has 2 bridgehead atoms. The summed E-state index contributed by atoms with van der Waals surface area (Å²) in [6.07, 6.45) is 6.85. The van der Waals surface area contributed by atoms with Gasteiger partial charge in [-0.15, -0.1) is 0 Å². The molecule has 3 saturated heterocycles. The SMILES string of the molecule is COc1ccc(Cn2cc(CCNCC34CCN(CC3)CC4)c3c(C(=O)O)cccc32)cc1.[LiH]. The molecule has 3 aromatic rings. The Morgan fingerprint density at radius 1 is 1.09 bits per heavy atom. The van der Waals surface area contributed by atoms with Crippen LogP contribution in [0.1, 0.15) is 40.7 Å². The van der Waals surface area contributed by atoms with Gasteiger partial charge in [-0.1, -0.05) is 18.2 Å². The van der Waals surface area contributed by atoms with E-state index in [0.29, 0.717) is 17.5 Å². The number of hydrogen-bond donors (Lipinski definition) is 2. The van der Waals surface area contributed by atoms with Crippen molar-refractivity contribution < 1.29 is 14.6 Å². The molecule has 3 fully saturated rings. The average Bonchev–Trinajstić information content (AvgIpc) is 3.21. The monoisotopic (exact) mass is 455 g/mol. The van der Waals surface area contributed by atoms with Crippen LogP contribution in [-0.2, 0) is 13.0 Å². The predicted molar refractivity (Wildman–Crippen MR) is 137 cm³/mol. The van der Waals surface area contributed by atoms with Crippen molar-refractivity contribution in [2.75, 3.05) is 39.8 Å². The van der Waals surface area contributed by atoms with Crippen molar-refractivity contribution in [2.45, 2.75) is 32.2 Å². The van der Waals surface area contributed by atoms with Crippen molar-refractivity contribution in [1.29, 1.82) is 0 Å². The first kappa shape index (κ1) is 24.9. The Kier molecular flexibility index (Phi) is 7.74. The van der Waals surface area contributed by atoms with E-state index < -0.39 is 5.97 Å². The Bertz CT molecular complexity index is 1120. The molecule has 0 spiro atoms. The molecular weight excluding hydrogens is 421 g/mol. The zero-order valence-electron chi connectivity index (χ0n) is 19.3. The summed E-state index contributed by atoms with van der Waals surface area (Å²) in [5, 5.41) is 14.4. The third-order valence-electron chi connectivity index (χ3n) is 7.67. The zero-order valence-corrected chi connectivity index (χ0v) is 19.3. The van der Waals surface area contributed by atoms with Gasteiger partial charge in [-0.2, -0.15) is 0 Å². The van der Waals surface area contributed by atoms with Crippen LogP contribution in [0.4, 0.5) is 0 Å². The van der Waals surface area contributed by atoms with E-state index in [-0.39, 0.29) is 18.9 Å². The Labute approximate surface area is 213 Å². The molecule has 2 aromatic carbocycles. The summed E-state index contributed by atoms with van der Waals surface area (Å²) in [6, 6.07) is 13.6. The van der Waals surface area contributed by atoms with Gasteiger partial charge >= 0.3 is 24.8 Å². The van der Waals surface area contributed by atoms with Crippen molar-refractivity contribution in [2.24, 2.45) is 5.41 Å². The van der Waals surface area contributed by atoms with Gasteiger partial charge in [-0.25, -0.2) is 4.79 Å². The Balaban J connectivity index is 0.00000274. The second-order valence-electron chi connectivity index (χ2n) is 9.65.